The normalized spacial score (nSPS) is 25.6. The minimum atomic E-state index is -0.513. The van der Waals surface area contributed by atoms with Gasteiger partial charge in [-0.3, -0.25) is 14.3 Å². The lowest BCUT2D eigenvalue weighted by Crippen LogP contribution is -2.50. The molecule has 4 heterocycles. The van der Waals surface area contributed by atoms with Crippen molar-refractivity contribution in [1.29, 1.82) is 0 Å². The van der Waals surface area contributed by atoms with Gasteiger partial charge in [0.25, 0.3) is 0 Å². The molecule has 1 spiro atoms. The zero-order valence-corrected chi connectivity index (χ0v) is 16.0. The molecule has 0 radical (unpaired) electrons. The largest absolute Gasteiger partial charge is 0.483 e. The first-order valence-corrected chi connectivity index (χ1v) is 10.3. The van der Waals surface area contributed by atoms with E-state index in [2.05, 4.69) is 26.0 Å². The van der Waals surface area contributed by atoms with Gasteiger partial charge in [0.15, 0.2) is 5.75 Å². The molecule has 0 bridgehead atoms. The highest BCUT2D eigenvalue weighted by Crippen LogP contribution is 2.44. The fourth-order valence-electron chi connectivity index (χ4n) is 5.01. The third kappa shape index (κ3) is 3.27. The van der Waals surface area contributed by atoms with Gasteiger partial charge < -0.3 is 9.84 Å². The van der Waals surface area contributed by atoms with E-state index in [0.29, 0.717) is 12.5 Å². The van der Waals surface area contributed by atoms with E-state index in [4.69, 9.17) is 4.74 Å². The van der Waals surface area contributed by atoms with Crippen molar-refractivity contribution in [2.45, 2.75) is 69.2 Å². The maximum absolute atomic E-state index is 10.8. The first kappa shape index (κ1) is 17.3. The monoisotopic (exact) mass is 371 g/mol. The molecule has 2 fully saturated rings. The molecule has 1 atom stereocenters. The molecule has 1 saturated heterocycles. The van der Waals surface area contributed by atoms with E-state index in [1.165, 1.54) is 31.2 Å². The van der Waals surface area contributed by atoms with Crippen molar-refractivity contribution in [3.8, 4) is 5.75 Å². The summed E-state index contributed by atoms with van der Waals surface area (Å²) in [6.45, 7) is 2.89. The number of ether oxygens (including phenoxy) is 1. The van der Waals surface area contributed by atoms with Crippen molar-refractivity contribution < 1.29 is 9.84 Å². The molecule has 0 aromatic carbocycles. The van der Waals surface area contributed by atoms with Crippen LogP contribution in [0.5, 0.6) is 5.75 Å². The molecule has 1 unspecified atom stereocenters. The molecule has 5 rings (SSSR count). The standard InChI is InChI=1S/C20H29N5O2/c1-23-12-15(11-21-23)13-24-8-6-20(7-9-24)10-17(26)19-18(27-20)14-25(22-19)16-4-2-3-5-16/h11-12,14,16-17,26H,2-10,13H2,1H3. The SMILES string of the molecule is Cn1cc(CN2CCC3(CC2)CC(O)c2nn(C4CCCC4)cc2O3)cn1. The van der Waals surface area contributed by atoms with Crippen LogP contribution < -0.4 is 4.74 Å². The van der Waals surface area contributed by atoms with E-state index in [-0.39, 0.29) is 5.60 Å². The fraction of sp³-hybridized carbons (Fsp3) is 0.700. The van der Waals surface area contributed by atoms with Crippen molar-refractivity contribution in [1.82, 2.24) is 24.5 Å². The zero-order valence-electron chi connectivity index (χ0n) is 16.0. The summed E-state index contributed by atoms with van der Waals surface area (Å²) in [6.07, 6.45) is 13.0. The third-order valence-corrected chi connectivity index (χ3v) is 6.56. The third-order valence-electron chi connectivity index (χ3n) is 6.56. The molecule has 27 heavy (non-hydrogen) atoms. The maximum atomic E-state index is 10.8. The van der Waals surface area contributed by atoms with E-state index in [1.807, 2.05) is 24.1 Å². The number of hydrogen-bond donors (Lipinski definition) is 1. The molecule has 2 aromatic heterocycles. The topological polar surface area (TPSA) is 68.3 Å². The number of aromatic nitrogens is 4. The molecule has 7 heteroatoms. The molecule has 1 N–H and O–H groups in total. The minimum Gasteiger partial charge on any atom is -0.483 e. The molecule has 1 saturated carbocycles. The average Bonchev–Trinajstić information content (AvgIpc) is 3.38. The second kappa shape index (κ2) is 6.63. The summed E-state index contributed by atoms with van der Waals surface area (Å²) in [5.41, 5.74) is 1.74. The number of aliphatic hydroxyl groups excluding tert-OH is 1. The van der Waals surface area contributed by atoms with Crippen LogP contribution in [-0.4, -0.2) is 48.3 Å². The summed E-state index contributed by atoms with van der Waals surface area (Å²) in [5, 5.41) is 19.7. The highest BCUT2D eigenvalue weighted by molar-refractivity contribution is 5.31. The quantitative estimate of drug-likeness (QED) is 0.898. The lowest BCUT2D eigenvalue weighted by molar-refractivity contribution is -0.0559. The van der Waals surface area contributed by atoms with Gasteiger partial charge in [-0.1, -0.05) is 12.8 Å². The van der Waals surface area contributed by atoms with Crippen molar-refractivity contribution >= 4 is 0 Å². The molecule has 3 aliphatic rings. The number of likely N-dealkylation sites (tertiary alicyclic amines) is 1. The highest BCUT2D eigenvalue weighted by atomic mass is 16.5. The summed E-state index contributed by atoms with van der Waals surface area (Å²) in [6, 6.07) is 0.476. The van der Waals surface area contributed by atoms with Crippen LogP contribution in [0.25, 0.3) is 0 Å². The van der Waals surface area contributed by atoms with Gasteiger partial charge in [-0.15, -0.1) is 0 Å². The van der Waals surface area contributed by atoms with Gasteiger partial charge in [0.05, 0.1) is 18.4 Å². The number of hydrogen-bond acceptors (Lipinski definition) is 5. The summed E-state index contributed by atoms with van der Waals surface area (Å²) >= 11 is 0. The molecule has 0 amide bonds. The first-order valence-electron chi connectivity index (χ1n) is 10.3. The Labute approximate surface area is 159 Å². The Bertz CT molecular complexity index is 799. The van der Waals surface area contributed by atoms with E-state index in [0.717, 1.165) is 43.9 Å². The number of aliphatic hydroxyl groups is 1. The van der Waals surface area contributed by atoms with E-state index in [1.54, 1.807) is 0 Å². The Kier molecular flexibility index (Phi) is 4.24. The number of piperidine rings is 1. The van der Waals surface area contributed by atoms with Crippen LogP contribution in [0.3, 0.4) is 0 Å². The molecular formula is C20H29N5O2. The molecule has 7 nitrogen and oxygen atoms in total. The van der Waals surface area contributed by atoms with Crippen LogP contribution in [0.4, 0.5) is 0 Å². The second-order valence-corrected chi connectivity index (χ2v) is 8.60. The smallest absolute Gasteiger partial charge is 0.163 e. The van der Waals surface area contributed by atoms with Gasteiger partial charge >= 0.3 is 0 Å². The Balaban J connectivity index is 1.27. The van der Waals surface area contributed by atoms with E-state index >= 15 is 0 Å². The minimum absolute atomic E-state index is 0.249. The summed E-state index contributed by atoms with van der Waals surface area (Å²) < 4.78 is 10.4. The van der Waals surface area contributed by atoms with Crippen molar-refractivity contribution in [3.05, 3.63) is 29.8 Å². The zero-order chi connectivity index (χ0) is 18.4. The van der Waals surface area contributed by atoms with Crippen LogP contribution in [0.2, 0.25) is 0 Å². The predicted octanol–water partition coefficient (Wildman–Crippen LogP) is 2.58. The molecule has 146 valence electrons. The molecule has 1 aliphatic carbocycles. The first-order chi connectivity index (χ1) is 13.1. The summed E-state index contributed by atoms with van der Waals surface area (Å²) in [4.78, 5) is 2.45. The summed E-state index contributed by atoms with van der Waals surface area (Å²) in [5.74, 6) is 0.807. The van der Waals surface area contributed by atoms with Crippen LogP contribution in [0, 0.1) is 0 Å². The molecular weight excluding hydrogens is 342 g/mol. The lowest BCUT2D eigenvalue weighted by Gasteiger charge is -2.44. The van der Waals surface area contributed by atoms with Gasteiger partial charge in [-0.2, -0.15) is 10.2 Å². The Hall–Kier alpha value is -1.86. The van der Waals surface area contributed by atoms with E-state index < -0.39 is 6.10 Å². The predicted molar refractivity (Wildman–Crippen MR) is 100 cm³/mol. The van der Waals surface area contributed by atoms with Gasteiger partial charge in [-0.25, -0.2) is 0 Å². The van der Waals surface area contributed by atoms with Gasteiger partial charge in [0.1, 0.15) is 17.4 Å². The van der Waals surface area contributed by atoms with Crippen LogP contribution in [0.15, 0.2) is 18.6 Å². The molecule has 2 aliphatic heterocycles. The van der Waals surface area contributed by atoms with Gasteiger partial charge in [-0.05, 0) is 25.7 Å². The Morgan fingerprint density at radius 2 is 2.00 bits per heavy atom. The molecule has 2 aromatic rings. The summed E-state index contributed by atoms with van der Waals surface area (Å²) in [7, 11) is 1.95. The number of rotatable bonds is 3. The highest BCUT2D eigenvalue weighted by Gasteiger charge is 2.44. The van der Waals surface area contributed by atoms with E-state index in [9.17, 15) is 5.11 Å². The Morgan fingerprint density at radius 1 is 1.22 bits per heavy atom. The van der Waals surface area contributed by atoms with Crippen molar-refractivity contribution in [2.24, 2.45) is 7.05 Å². The second-order valence-electron chi connectivity index (χ2n) is 8.60. The number of aryl methyl sites for hydroxylation is 1. The van der Waals surface area contributed by atoms with Crippen LogP contribution >= 0.6 is 0 Å². The fourth-order valence-corrected chi connectivity index (χ4v) is 5.01. The number of nitrogens with zero attached hydrogens (tertiary/aromatic N) is 5. The lowest BCUT2D eigenvalue weighted by atomic mass is 9.83. The average molecular weight is 371 g/mol. The van der Waals surface area contributed by atoms with Crippen LogP contribution in [0.1, 0.15) is 68.3 Å². The van der Waals surface area contributed by atoms with Crippen molar-refractivity contribution in [2.75, 3.05) is 13.1 Å². The van der Waals surface area contributed by atoms with Crippen molar-refractivity contribution in [3.63, 3.8) is 0 Å². The van der Waals surface area contributed by atoms with Gasteiger partial charge in [0, 0.05) is 44.9 Å². The van der Waals surface area contributed by atoms with Crippen LogP contribution in [-0.2, 0) is 13.6 Å². The maximum Gasteiger partial charge on any atom is 0.163 e. The Morgan fingerprint density at radius 3 is 2.70 bits per heavy atom. The number of fused-ring (bicyclic) bond motifs is 1. The van der Waals surface area contributed by atoms with Gasteiger partial charge in [0.2, 0.25) is 0 Å².